The van der Waals surface area contributed by atoms with E-state index in [0.29, 0.717) is 6.42 Å². The first-order chi connectivity index (χ1) is 14.2. The van der Waals surface area contributed by atoms with Gasteiger partial charge in [0.15, 0.2) is 6.10 Å². The summed E-state index contributed by atoms with van der Waals surface area (Å²) in [7, 11) is 0. The maximum Gasteiger partial charge on any atom is 0.335 e. The maximum atomic E-state index is 12.1. The van der Waals surface area contributed by atoms with E-state index in [2.05, 4.69) is 20.8 Å². The molecule has 0 aromatic heterocycles. The molecular weight excluding hydrogens is 360 g/mol. The van der Waals surface area contributed by atoms with Crippen molar-refractivity contribution >= 4 is 5.97 Å². The van der Waals surface area contributed by atoms with E-state index in [9.17, 15) is 9.90 Å². The number of rotatable bonds is 22. The van der Waals surface area contributed by atoms with Gasteiger partial charge in [-0.25, -0.2) is 4.79 Å². The smallest absolute Gasteiger partial charge is 0.335 e. The van der Waals surface area contributed by atoms with E-state index in [1.807, 2.05) is 0 Å². The summed E-state index contributed by atoms with van der Waals surface area (Å²) in [5, 5.41) is 10.1. The minimum atomic E-state index is -0.937. The molecule has 3 nitrogen and oxygen atoms in total. The molecule has 0 aliphatic carbocycles. The molecule has 0 heterocycles. The van der Waals surface area contributed by atoms with Crippen LogP contribution < -0.4 is 0 Å². The molecule has 0 bridgehead atoms. The number of unbranched alkanes of at least 4 members (excludes halogenated alkanes) is 14. The predicted octanol–water partition coefficient (Wildman–Crippen LogP) is 8.12. The third kappa shape index (κ3) is 19.2. The molecule has 0 saturated carbocycles. The van der Waals surface area contributed by atoms with Gasteiger partial charge in [-0.15, -0.1) is 0 Å². The second kappa shape index (κ2) is 22.1. The number of hydrogen-bond donors (Lipinski definition) is 1. The van der Waals surface area contributed by atoms with Gasteiger partial charge in [0.1, 0.15) is 6.10 Å². The lowest BCUT2D eigenvalue weighted by Gasteiger charge is -2.19. The van der Waals surface area contributed by atoms with Crippen molar-refractivity contribution in [2.75, 3.05) is 0 Å². The van der Waals surface area contributed by atoms with E-state index in [1.165, 1.54) is 77.0 Å². The molecule has 2 unspecified atom stereocenters. The minimum Gasteiger partial charge on any atom is -0.460 e. The Morgan fingerprint density at radius 1 is 0.586 bits per heavy atom. The molecule has 0 aliphatic heterocycles. The van der Waals surface area contributed by atoms with Crippen molar-refractivity contribution in [2.45, 2.75) is 161 Å². The van der Waals surface area contributed by atoms with Gasteiger partial charge >= 0.3 is 5.97 Å². The average Bonchev–Trinajstić information content (AvgIpc) is 2.72. The molecule has 0 saturated heterocycles. The van der Waals surface area contributed by atoms with Crippen molar-refractivity contribution in [3.05, 3.63) is 0 Å². The van der Waals surface area contributed by atoms with Crippen molar-refractivity contribution in [1.82, 2.24) is 0 Å². The van der Waals surface area contributed by atoms with Gasteiger partial charge in [-0.1, -0.05) is 130 Å². The zero-order valence-electron chi connectivity index (χ0n) is 20.1. The monoisotopic (exact) mass is 412 g/mol. The highest BCUT2D eigenvalue weighted by molar-refractivity contribution is 5.74. The van der Waals surface area contributed by atoms with Crippen molar-refractivity contribution < 1.29 is 14.6 Å². The van der Waals surface area contributed by atoms with Crippen molar-refractivity contribution in [2.24, 2.45) is 0 Å². The fourth-order valence-electron chi connectivity index (χ4n) is 3.91. The Morgan fingerprint density at radius 3 is 1.48 bits per heavy atom. The molecule has 1 N–H and O–H groups in total. The topological polar surface area (TPSA) is 46.5 Å². The quantitative estimate of drug-likeness (QED) is 0.144. The Hall–Kier alpha value is -0.570. The van der Waals surface area contributed by atoms with Crippen LogP contribution in [0, 0.1) is 0 Å². The standard InChI is InChI=1S/C26H52O3/c1-4-7-9-10-11-12-13-14-15-16-17-18-19-20-23-25(27)26(28)29-24(21-6-3)22-8-5-2/h24-25,27H,4-23H2,1-3H3. The van der Waals surface area contributed by atoms with Crippen molar-refractivity contribution in [3.63, 3.8) is 0 Å². The molecule has 29 heavy (non-hydrogen) atoms. The molecule has 0 aliphatic rings. The number of carbonyl (C=O) groups is 1. The predicted molar refractivity (Wildman–Crippen MR) is 125 cm³/mol. The fourth-order valence-corrected chi connectivity index (χ4v) is 3.91. The van der Waals surface area contributed by atoms with Gasteiger partial charge in [0.25, 0.3) is 0 Å². The van der Waals surface area contributed by atoms with Gasteiger partial charge in [-0.2, -0.15) is 0 Å². The molecular formula is C26H52O3. The van der Waals surface area contributed by atoms with Gasteiger partial charge in [0.05, 0.1) is 0 Å². The highest BCUT2D eigenvalue weighted by Crippen LogP contribution is 2.16. The second-order valence-corrected chi connectivity index (χ2v) is 8.89. The lowest BCUT2D eigenvalue weighted by atomic mass is 10.0. The van der Waals surface area contributed by atoms with Gasteiger partial charge in [-0.3, -0.25) is 0 Å². The summed E-state index contributed by atoms with van der Waals surface area (Å²) in [5.41, 5.74) is 0. The molecule has 0 aromatic rings. The van der Waals surface area contributed by atoms with E-state index in [4.69, 9.17) is 4.74 Å². The van der Waals surface area contributed by atoms with Crippen LogP contribution in [-0.2, 0) is 9.53 Å². The van der Waals surface area contributed by atoms with Crippen LogP contribution >= 0.6 is 0 Å². The maximum absolute atomic E-state index is 12.1. The van der Waals surface area contributed by atoms with E-state index >= 15 is 0 Å². The van der Waals surface area contributed by atoms with E-state index < -0.39 is 12.1 Å². The zero-order valence-corrected chi connectivity index (χ0v) is 20.1. The van der Waals surface area contributed by atoms with Crippen LogP contribution in [0.4, 0.5) is 0 Å². The minimum absolute atomic E-state index is 0.0153. The zero-order chi connectivity index (χ0) is 21.6. The summed E-state index contributed by atoms with van der Waals surface area (Å²) in [5.74, 6) is -0.408. The highest BCUT2D eigenvalue weighted by Gasteiger charge is 2.20. The van der Waals surface area contributed by atoms with Crippen LogP contribution in [0.1, 0.15) is 149 Å². The van der Waals surface area contributed by atoms with E-state index in [0.717, 1.165) is 44.9 Å². The third-order valence-corrected chi connectivity index (χ3v) is 5.88. The number of hydrogen-bond acceptors (Lipinski definition) is 3. The summed E-state index contributed by atoms with van der Waals surface area (Å²) in [6.45, 7) is 6.53. The lowest BCUT2D eigenvalue weighted by molar-refractivity contribution is -0.160. The van der Waals surface area contributed by atoms with Crippen LogP contribution in [0.15, 0.2) is 0 Å². The Balaban J connectivity index is 3.51. The fraction of sp³-hybridized carbons (Fsp3) is 0.962. The normalized spacial score (nSPS) is 13.4. The molecule has 0 rings (SSSR count). The summed E-state index contributed by atoms with van der Waals surface area (Å²) < 4.78 is 5.54. The van der Waals surface area contributed by atoms with E-state index in [-0.39, 0.29) is 6.10 Å². The first kappa shape index (κ1) is 28.4. The van der Waals surface area contributed by atoms with Crippen LogP contribution in [0.3, 0.4) is 0 Å². The Bertz CT molecular complexity index is 343. The molecule has 2 atom stereocenters. The summed E-state index contributed by atoms with van der Waals surface area (Å²) >= 11 is 0. The SMILES string of the molecule is CCCCCCCCCCCCCCCCC(O)C(=O)OC(CCC)CCCC. The van der Waals surface area contributed by atoms with Crippen LogP contribution in [0.5, 0.6) is 0 Å². The van der Waals surface area contributed by atoms with Crippen LogP contribution in [0.25, 0.3) is 0 Å². The molecule has 0 amide bonds. The summed E-state index contributed by atoms with van der Waals surface area (Å²) in [6, 6.07) is 0. The van der Waals surface area contributed by atoms with Gasteiger partial charge in [0, 0.05) is 0 Å². The second-order valence-electron chi connectivity index (χ2n) is 8.89. The van der Waals surface area contributed by atoms with Gasteiger partial charge < -0.3 is 9.84 Å². The van der Waals surface area contributed by atoms with Gasteiger partial charge in [-0.05, 0) is 19.3 Å². The Morgan fingerprint density at radius 2 is 1.03 bits per heavy atom. The first-order valence-corrected chi connectivity index (χ1v) is 13.0. The number of aliphatic hydroxyl groups excluding tert-OH is 1. The molecule has 0 spiro atoms. The molecule has 0 fully saturated rings. The highest BCUT2D eigenvalue weighted by atomic mass is 16.6. The average molecular weight is 413 g/mol. The van der Waals surface area contributed by atoms with Crippen molar-refractivity contribution in [1.29, 1.82) is 0 Å². The van der Waals surface area contributed by atoms with Crippen LogP contribution in [0.2, 0.25) is 0 Å². The van der Waals surface area contributed by atoms with Crippen molar-refractivity contribution in [3.8, 4) is 0 Å². The lowest BCUT2D eigenvalue weighted by Crippen LogP contribution is -2.28. The van der Waals surface area contributed by atoms with E-state index in [1.54, 1.807) is 0 Å². The largest absolute Gasteiger partial charge is 0.460 e. The Kier molecular flexibility index (Phi) is 21.7. The number of esters is 1. The molecule has 0 radical (unpaired) electrons. The summed E-state index contributed by atoms with van der Waals surface area (Å²) in [6.07, 6.45) is 23.0. The number of carbonyl (C=O) groups excluding carboxylic acids is 1. The number of aliphatic hydroxyl groups is 1. The first-order valence-electron chi connectivity index (χ1n) is 13.0. The summed E-state index contributed by atoms with van der Waals surface area (Å²) in [4.78, 5) is 12.1. The number of ether oxygens (including phenoxy) is 1. The molecule has 3 heteroatoms. The third-order valence-electron chi connectivity index (χ3n) is 5.88. The van der Waals surface area contributed by atoms with Crippen LogP contribution in [-0.4, -0.2) is 23.3 Å². The molecule has 174 valence electrons. The Labute approximate surface area is 182 Å². The van der Waals surface area contributed by atoms with Gasteiger partial charge in [0.2, 0.25) is 0 Å². The molecule has 0 aromatic carbocycles.